The lowest BCUT2D eigenvalue weighted by Crippen LogP contribution is -2.45. The summed E-state index contributed by atoms with van der Waals surface area (Å²) < 4.78 is 1.82. The zero-order valence-electron chi connectivity index (χ0n) is 18.0. The van der Waals surface area contributed by atoms with Crippen molar-refractivity contribution in [3.05, 3.63) is 35.4 Å². The predicted octanol–water partition coefficient (Wildman–Crippen LogP) is 0.993. The average Bonchev–Trinajstić information content (AvgIpc) is 3.16. The van der Waals surface area contributed by atoms with Crippen LogP contribution in [-0.4, -0.2) is 88.7 Å². The van der Waals surface area contributed by atoms with E-state index in [-0.39, 0.29) is 35.0 Å². The number of aliphatic hydroxyl groups is 1. The second-order valence-electron chi connectivity index (χ2n) is 8.37. The molecule has 9 nitrogen and oxygen atoms in total. The first-order valence-corrected chi connectivity index (χ1v) is 10.9. The van der Waals surface area contributed by atoms with E-state index >= 15 is 0 Å². The van der Waals surface area contributed by atoms with Crippen LogP contribution in [0.4, 0.5) is 5.69 Å². The van der Waals surface area contributed by atoms with Crippen LogP contribution in [0.2, 0.25) is 0 Å². The van der Waals surface area contributed by atoms with Crippen molar-refractivity contribution in [3.8, 4) is 22.8 Å². The summed E-state index contributed by atoms with van der Waals surface area (Å²) in [5, 5.41) is 38.8. The quantitative estimate of drug-likeness (QED) is 0.261. The van der Waals surface area contributed by atoms with Gasteiger partial charge in [0.25, 0.3) is 0 Å². The van der Waals surface area contributed by atoms with Crippen molar-refractivity contribution in [1.82, 2.24) is 20.0 Å². The molecule has 0 saturated carbocycles. The number of nitrogens with zero attached hydrogens (tertiary/aromatic N) is 4. The second kappa shape index (κ2) is 8.09. The van der Waals surface area contributed by atoms with Crippen LogP contribution >= 0.6 is 0 Å². The number of anilines is 1. The van der Waals surface area contributed by atoms with Gasteiger partial charge >= 0.3 is 0 Å². The number of phenols is 2. The van der Waals surface area contributed by atoms with Gasteiger partial charge in [0.2, 0.25) is 0 Å². The van der Waals surface area contributed by atoms with Crippen molar-refractivity contribution in [2.75, 3.05) is 57.8 Å². The zero-order valence-corrected chi connectivity index (χ0v) is 18.0. The number of piperazine rings is 1. The highest BCUT2D eigenvalue weighted by Crippen LogP contribution is 2.48. The largest absolute Gasteiger partial charge is 0.507 e. The molecule has 1 saturated heterocycles. The predicted molar refractivity (Wildman–Crippen MR) is 122 cm³/mol. The van der Waals surface area contributed by atoms with Crippen LogP contribution in [0.3, 0.4) is 0 Å². The number of benzene rings is 2. The van der Waals surface area contributed by atoms with Crippen molar-refractivity contribution in [3.63, 3.8) is 0 Å². The molecule has 2 heterocycles. The van der Waals surface area contributed by atoms with Crippen molar-refractivity contribution in [2.24, 2.45) is 0 Å². The summed E-state index contributed by atoms with van der Waals surface area (Å²) in [4.78, 5) is 18.2. The topological polar surface area (TPSA) is 114 Å². The first-order valence-electron chi connectivity index (χ1n) is 10.9. The fraction of sp³-hybridized carbons (Fsp3) is 0.391. The van der Waals surface area contributed by atoms with Crippen molar-refractivity contribution in [1.29, 1.82) is 0 Å². The zero-order chi connectivity index (χ0) is 22.4. The molecule has 1 aliphatic carbocycles. The number of hydrogen-bond acceptors (Lipinski definition) is 8. The lowest BCUT2D eigenvalue weighted by atomic mass is 9.85. The van der Waals surface area contributed by atoms with E-state index in [4.69, 9.17) is 10.2 Å². The Morgan fingerprint density at radius 2 is 1.69 bits per heavy atom. The minimum absolute atomic E-state index is 0.0542. The third kappa shape index (κ3) is 3.21. The Balaban J connectivity index is 1.70. The number of nitrogens with one attached hydrogen (secondary N) is 1. The summed E-state index contributed by atoms with van der Waals surface area (Å²) in [6.45, 7) is 5.07. The number of aromatic hydroxyl groups is 2. The fourth-order valence-corrected chi connectivity index (χ4v) is 4.71. The summed E-state index contributed by atoms with van der Waals surface area (Å²) in [5.41, 5.74) is 3.07. The molecule has 0 bridgehead atoms. The van der Waals surface area contributed by atoms with Gasteiger partial charge < -0.3 is 30.4 Å². The SMILES string of the molecule is CN1CCN(c2ccc3c4c(nn3CCNCCO)-c3c(O)ccc(O)c3C(=O)c24)CC1. The third-order valence-electron chi connectivity index (χ3n) is 6.38. The Morgan fingerprint density at radius 3 is 2.41 bits per heavy atom. The van der Waals surface area contributed by atoms with E-state index in [1.54, 1.807) is 0 Å². The lowest BCUT2D eigenvalue weighted by Gasteiger charge is -2.35. The Hall–Kier alpha value is -3.14. The number of likely N-dealkylation sites (N-methyl/N-ethyl adjacent to an activating group) is 1. The highest BCUT2D eigenvalue weighted by atomic mass is 16.3. The van der Waals surface area contributed by atoms with Crippen LogP contribution in [0.1, 0.15) is 15.9 Å². The first kappa shape index (κ1) is 20.7. The number of aliphatic hydroxyl groups excluding tert-OH is 1. The maximum Gasteiger partial charge on any atom is 0.200 e. The maximum atomic E-state index is 13.7. The smallest absolute Gasteiger partial charge is 0.200 e. The maximum absolute atomic E-state index is 13.7. The van der Waals surface area contributed by atoms with E-state index in [9.17, 15) is 15.0 Å². The van der Waals surface area contributed by atoms with E-state index in [2.05, 4.69) is 22.2 Å². The molecule has 3 aromatic rings. The van der Waals surface area contributed by atoms with Crippen LogP contribution in [0.25, 0.3) is 22.2 Å². The molecule has 168 valence electrons. The van der Waals surface area contributed by atoms with Crippen LogP contribution in [0.5, 0.6) is 11.5 Å². The molecule has 0 amide bonds. The molecule has 1 aliphatic heterocycles. The number of carbonyl (C=O) groups is 1. The minimum atomic E-state index is -0.293. The highest BCUT2D eigenvalue weighted by molar-refractivity contribution is 6.29. The number of fused-ring (bicyclic) bond motifs is 2. The molecular weight excluding hydrogens is 410 g/mol. The van der Waals surface area contributed by atoms with E-state index in [1.165, 1.54) is 12.1 Å². The summed E-state index contributed by atoms with van der Waals surface area (Å²) in [6.07, 6.45) is 0. The number of ketones is 1. The molecule has 0 unspecified atom stereocenters. The molecule has 0 radical (unpaired) electrons. The van der Waals surface area contributed by atoms with Crippen LogP contribution in [-0.2, 0) is 6.54 Å². The average molecular weight is 438 g/mol. The van der Waals surface area contributed by atoms with Gasteiger partial charge in [-0.3, -0.25) is 9.48 Å². The number of hydrogen-bond donors (Lipinski definition) is 4. The van der Waals surface area contributed by atoms with Crippen LogP contribution in [0, 0.1) is 0 Å². The van der Waals surface area contributed by atoms with Gasteiger partial charge in [-0.05, 0) is 31.3 Å². The van der Waals surface area contributed by atoms with Crippen molar-refractivity contribution in [2.45, 2.75) is 6.54 Å². The Morgan fingerprint density at radius 1 is 0.969 bits per heavy atom. The third-order valence-corrected chi connectivity index (χ3v) is 6.38. The van der Waals surface area contributed by atoms with E-state index < -0.39 is 0 Å². The standard InChI is InChI=1S/C23H27N5O4/c1-26-9-11-27(12-10-26)14-2-3-15-18-19(14)23(32)21-17(31)5-4-16(30)20(21)22(18)25-28(15)8-6-24-7-13-29/h2-5,24,29-31H,6-13H2,1H3. The van der Waals surface area contributed by atoms with Crippen LogP contribution in [0.15, 0.2) is 24.3 Å². The fourth-order valence-electron chi connectivity index (χ4n) is 4.71. The van der Waals surface area contributed by atoms with Gasteiger partial charge in [-0.15, -0.1) is 0 Å². The van der Waals surface area contributed by atoms with E-state index in [0.717, 1.165) is 37.4 Å². The van der Waals surface area contributed by atoms with Crippen molar-refractivity contribution < 1.29 is 20.1 Å². The first-order chi connectivity index (χ1) is 15.5. The molecule has 0 atom stereocenters. The molecule has 4 N–H and O–H groups in total. The number of phenolic OH excluding ortho intramolecular Hbond substituents is 2. The van der Waals surface area contributed by atoms with Gasteiger partial charge in [0.05, 0.1) is 35.4 Å². The molecule has 1 aromatic heterocycles. The summed E-state index contributed by atoms with van der Waals surface area (Å²) in [6, 6.07) is 6.69. The van der Waals surface area contributed by atoms with Gasteiger partial charge in [-0.1, -0.05) is 0 Å². The molecule has 2 aromatic carbocycles. The molecule has 1 fully saturated rings. The van der Waals surface area contributed by atoms with Gasteiger partial charge in [0.15, 0.2) is 5.78 Å². The van der Waals surface area contributed by atoms with Gasteiger partial charge in [-0.2, -0.15) is 5.10 Å². The van der Waals surface area contributed by atoms with E-state index in [0.29, 0.717) is 36.3 Å². The Labute approximate surface area is 185 Å². The second-order valence-corrected chi connectivity index (χ2v) is 8.37. The lowest BCUT2D eigenvalue weighted by molar-refractivity contribution is 0.103. The normalized spacial score (nSPS) is 16.1. The summed E-state index contributed by atoms with van der Waals surface area (Å²) in [7, 11) is 2.08. The molecule has 32 heavy (non-hydrogen) atoms. The molecule has 9 heteroatoms. The number of aromatic nitrogens is 2. The molecule has 2 aliphatic rings. The van der Waals surface area contributed by atoms with Gasteiger partial charge in [0, 0.05) is 50.3 Å². The van der Waals surface area contributed by atoms with Crippen LogP contribution < -0.4 is 10.2 Å². The number of rotatable bonds is 6. The minimum Gasteiger partial charge on any atom is -0.507 e. The molecular formula is C23H27N5O4. The highest BCUT2D eigenvalue weighted by Gasteiger charge is 2.36. The van der Waals surface area contributed by atoms with E-state index in [1.807, 2.05) is 16.8 Å². The van der Waals surface area contributed by atoms with Gasteiger partial charge in [0.1, 0.15) is 17.2 Å². The number of carbonyl (C=O) groups excluding carboxylic acids is 1. The summed E-state index contributed by atoms with van der Waals surface area (Å²) >= 11 is 0. The Bertz CT molecular complexity index is 1200. The van der Waals surface area contributed by atoms with Gasteiger partial charge in [-0.25, -0.2) is 0 Å². The Kier molecular flexibility index (Phi) is 5.24. The molecule has 0 spiro atoms. The monoisotopic (exact) mass is 437 g/mol. The van der Waals surface area contributed by atoms with Crippen molar-refractivity contribution >= 4 is 22.4 Å². The summed E-state index contributed by atoms with van der Waals surface area (Å²) in [5.74, 6) is -0.529. The molecule has 5 rings (SSSR count).